The highest BCUT2D eigenvalue weighted by Crippen LogP contribution is 2.40. The summed E-state index contributed by atoms with van der Waals surface area (Å²) >= 11 is 0. The summed E-state index contributed by atoms with van der Waals surface area (Å²) in [7, 11) is 0. The molecule has 3 nitrogen and oxygen atoms in total. The largest absolute Gasteiger partial charge is 0.382 e. The van der Waals surface area contributed by atoms with E-state index in [1.54, 1.807) is 0 Å². The van der Waals surface area contributed by atoms with E-state index in [-0.39, 0.29) is 0 Å². The van der Waals surface area contributed by atoms with Gasteiger partial charge in [-0.1, -0.05) is 13.8 Å². The molecule has 0 spiro atoms. The number of hydrogen-bond donors (Lipinski definition) is 1. The molecule has 72 valence electrons. The Kier molecular flexibility index (Phi) is 2.02. The molecule has 0 bridgehead atoms. The first-order valence-corrected chi connectivity index (χ1v) is 5.00. The van der Waals surface area contributed by atoms with E-state index in [0.717, 1.165) is 12.5 Å². The molecule has 1 aromatic heterocycles. The van der Waals surface area contributed by atoms with Gasteiger partial charge in [0.1, 0.15) is 5.82 Å². The van der Waals surface area contributed by atoms with Gasteiger partial charge in [0.2, 0.25) is 0 Å². The van der Waals surface area contributed by atoms with Gasteiger partial charge in [-0.3, -0.25) is 4.68 Å². The Morgan fingerprint density at radius 1 is 1.62 bits per heavy atom. The number of anilines is 1. The van der Waals surface area contributed by atoms with E-state index < -0.39 is 0 Å². The third-order valence-electron chi connectivity index (χ3n) is 2.36. The highest BCUT2D eigenvalue weighted by Gasteiger charge is 2.27. The van der Waals surface area contributed by atoms with Crippen LogP contribution in [0.5, 0.6) is 0 Å². The van der Waals surface area contributed by atoms with Crippen molar-refractivity contribution in [3.05, 3.63) is 11.8 Å². The molecule has 0 unspecified atom stereocenters. The summed E-state index contributed by atoms with van der Waals surface area (Å²) in [4.78, 5) is 0. The van der Waals surface area contributed by atoms with E-state index in [9.17, 15) is 0 Å². The van der Waals surface area contributed by atoms with Gasteiger partial charge in [-0.25, -0.2) is 0 Å². The number of rotatable bonds is 3. The van der Waals surface area contributed by atoms with Crippen LogP contribution in [-0.4, -0.2) is 9.78 Å². The smallest absolute Gasteiger partial charge is 0.145 e. The Balaban J connectivity index is 2.21. The second-order valence-corrected chi connectivity index (χ2v) is 4.34. The molecule has 1 aliphatic rings. The summed E-state index contributed by atoms with van der Waals surface area (Å²) < 4.78 is 2.08. The van der Waals surface area contributed by atoms with Crippen molar-refractivity contribution >= 4 is 5.82 Å². The molecule has 3 heteroatoms. The summed E-state index contributed by atoms with van der Waals surface area (Å²) in [6.45, 7) is 5.39. The summed E-state index contributed by atoms with van der Waals surface area (Å²) in [6, 6.07) is 2.03. The van der Waals surface area contributed by atoms with Crippen LogP contribution in [0.1, 0.15) is 38.3 Å². The topological polar surface area (TPSA) is 43.8 Å². The van der Waals surface area contributed by atoms with Crippen molar-refractivity contribution in [2.45, 2.75) is 39.2 Å². The van der Waals surface area contributed by atoms with Gasteiger partial charge in [0.05, 0.1) is 0 Å². The maximum Gasteiger partial charge on any atom is 0.145 e. The molecule has 1 aromatic rings. The third-order valence-corrected chi connectivity index (χ3v) is 2.36. The molecule has 1 fully saturated rings. The van der Waals surface area contributed by atoms with Crippen molar-refractivity contribution in [3.8, 4) is 0 Å². The summed E-state index contributed by atoms with van der Waals surface area (Å²) in [5.74, 6) is 2.04. The SMILES string of the molecule is CC(C)Cn1nc(N)cc1C1CC1. The van der Waals surface area contributed by atoms with Gasteiger partial charge in [-0.2, -0.15) is 5.10 Å². The standard InChI is InChI=1S/C10H17N3/c1-7(2)6-13-9(8-3-4-8)5-10(11)12-13/h5,7-8H,3-4,6H2,1-2H3,(H2,11,12). The lowest BCUT2D eigenvalue weighted by Gasteiger charge is -2.08. The third kappa shape index (κ3) is 1.85. The van der Waals surface area contributed by atoms with Crippen molar-refractivity contribution in [3.63, 3.8) is 0 Å². The zero-order valence-corrected chi connectivity index (χ0v) is 8.33. The van der Waals surface area contributed by atoms with E-state index in [0.29, 0.717) is 11.7 Å². The van der Waals surface area contributed by atoms with Gasteiger partial charge < -0.3 is 5.73 Å². The van der Waals surface area contributed by atoms with Crippen LogP contribution in [0, 0.1) is 5.92 Å². The second kappa shape index (κ2) is 3.05. The zero-order valence-electron chi connectivity index (χ0n) is 8.33. The maximum atomic E-state index is 5.69. The Morgan fingerprint density at radius 2 is 2.31 bits per heavy atom. The molecule has 1 saturated carbocycles. The monoisotopic (exact) mass is 179 g/mol. The summed E-state index contributed by atoms with van der Waals surface area (Å²) in [5.41, 5.74) is 7.03. The lowest BCUT2D eigenvalue weighted by atomic mass is 10.2. The summed E-state index contributed by atoms with van der Waals surface area (Å²) in [6.07, 6.45) is 2.62. The molecule has 13 heavy (non-hydrogen) atoms. The molecular formula is C10H17N3. The highest BCUT2D eigenvalue weighted by molar-refractivity contribution is 5.32. The van der Waals surface area contributed by atoms with Gasteiger partial charge >= 0.3 is 0 Å². The molecule has 0 aromatic carbocycles. The Hall–Kier alpha value is -0.990. The lowest BCUT2D eigenvalue weighted by Crippen LogP contribution is -2.09. The molecule has 0 aliphatic heterocycles. The zero-order chi connectivity index (χ0) is 9.42. The van der Waals surface area contributed by atoms with E-state index in [1.807, 2.05) is 6.07 Å². The molecule has 1 heterocycles. The predicted molar refractivity (Wildman–Crippen MR) is 53.5 cm³/mol. The number of nitrogen functional groups attached to an aromatic ring is 1. The number of nitrogens with two attached hydrogens (primary N) is 1. The molecule has 0 amide bonds. The van der Waals surface area contributed by atoms with Crippen molar-refractivity contribution in [1.82, 2.24) is 9.78 Å². The number of hydrogen-bond acceptors (Lipinski definition) is 2. The first-order valence-electron chi connectivity index (χ1n) is 5.00. The lowest BCUT2D eigenvalue weighted by molar-refractivity contribution is 0.470. The van der Waals surface area contributed by atoms with Crippen LogP contribution in [0.3, 0.4) is 0 Å². The molecule has 2 rings (SSSR count). The Bertz CT molecular complexity index is 297. The first kappa shape index (κ1) is 8.60. The van der Waals surface area contributed by atoms with Gasteiger partial charge in [-0.05, 0) is 18.8 Å². The average Bonchev–Trinajstić information content (AvgIpc) is 2.77. The maximum absolute atomic E-state index is 5.69. The molecule has 0 saturated heterocycles. The fourth-order valence-electron chi connectivity index (χ4n) is 1.65. The minimum Gasteiger partial charge on any atom is -0.382 e. The van der Waals surface area contributed by atoms with Gasteiger partial charge in [-0.15, -0.1) is 0 Å². The molecule has 2 N–H and O–H groups in total. The van der Waals surface area contributed by atoms with Crippen LogP contribution in [0.25, 0.3) is 0 Å². The normalized spacial score (nSPS) is 16.8. The number of aromatic nitrogens is 2. The van der Waals surface area contributed by atoms with Crippen LogP contribution in [0.4, 0.5) is 5.82 Å². The van der Waals surface area contributed by atoms with Crippen molar-refractivity contribution in [1.29, 1.82) is 0 Å². The minimum absolute atomic E-state index is 0.636. The van der Waals surface area contributed by atoms with E-state index in [1.165, 1.54) is 18.5 Å². The van der Waals surface area contributed by atoms with Gasteiger partial charge in [0.15, 0.2) is 0 Å². The van der Waals surface area contributed by atoms with Crippen molar-refractivity contribution in [2.75, 3.05) is 5.73 Å². The number of nitrogens with zero attached hydrogens (tertiary/aromatic N) is 2. The minimum atomic E-state index is 0.636. The fourth-order valence-corrected chi connectivity index (χ4v) is 1.65. The second-order valence-electron chi connectivity index (χ2n) is 4.34. The molecular weight excluding hydrogens is 162 g/mol. The highest BCUT2D eigenvalue weighted by atomic mass is 15.3. The molecule has 0 radical (unpaired) electrons. The first-order chi connectivity index (χ1) is 6.16. The predicted octanol–water partition coefficient (Wildman–Crippen LogP) is 2.00. The average molecular weight is 179 g/mol. The molecule has 1 aliphatic carbocycles. The van der Waals surface area contributed by atoms with Crippen LogP contribution < -0.4 is 5.73 Å². The van der Waals surface area contributed by atoms with Gasteiger partial charge in [0, 0.05) is 24.2 Å². The van der Waals surface area contributed by atoms with Gasteiger partial charge in [0.25, 0.3) is 0 Å². The fraction of sp³-hybridized carbons (Fsp3) is 0.700. The van der Waals surface area contributed by atoms with Crippen molar-refractivity contribution in [2.24, 2.45) is 5.92 Å². The Labute approximate surface area is 78.9 Å². The quantitative estimate of drug-likeness (QED) is 0.771. The molecule has 0 atom stereocenters. The summed E-state index contributed by atoms with van der Waals surface area (Å²) in [5, 5.41) is 4.31. The van der Waals surface area contributed by atoms with E-state index >= 15 is 0 Å². The van der Waals surface area contributed by atoms with Crippen molar-refractivity contribution < 1.29 is 0 Å². The van der Waals surface area contributed by atoms with Crippen LogP contribution in [0.15, 0.2) is 6.07 Å². The Morgan fingerprint density at radius 3 is 2.85 bits per heavy atom. The van der Waals surface area contributed by atoms with Crippen LogP contribution in [0.2, 0.25) is 0 Å². The van der Waals surface area contributed by atoms with Crippen LogP contribution in [-0.2, 0) is 6.54 Å². The van der Waals surface area contributed by atoms with Crippen LogP contribution >= 0.6 is 0 Å². The van der Waals surface area contributed by atoms with E-state index in [2.05, 4.69) is 23.6 Å². The van der Waals surface area contributed by atoms with E-state index in [4.69, 9.17) is 5.73 Å².